The van der Waals surface area contributed by atoms with Gasteiger partial charge in [0.1, 0.15) is 6.61 Å². The normalized spacial score (nSPS) is 23.0. The minimum Gasteiger partial charge on any atom is -0.445 e. The largest absolute Gasteiger partial charge is 0.445 e. The molecule has 122 valence electrons. The second-order valence-corrected chi connectivity index (χ2v) is 5.41. The Morgan fingerprint density at radius 1 is 1.23 bits per heavy atom. The monoisotopic (exact) mass is 317 g/mol. The summed E-state index contributed by atoms with van der Waals surface area (Å²) >= 11 is 0. The highest BCUT2D eigenvalue weighted by molar-refractivity contribution is 5.67. The van der Waals surface area contributed by atoms with E-state index < -0.39 is 30.7 Å². The summed E-state index contributed by atoms with van der Waals surface area (Å²) in [6.45, 7) is 0.0371. The lowest BCUT2D eigenvalue weighted by atomic mass is 9.94. The smallest absolute Gasteiger partial charge is 0.417 e. The first-order valence-corrected chi connectivity index (χ1v) is 7.06. The van der Waals surface area contributed by atoms with Crippen molar-refractivity contribution in [3.05, 3.63) is 35.9 Å². The van der Waals surface area contributed by atoms with Crippen LogP contribution in [0.2, 0.25) is 0 Å². The van der Waals surface area contributed by atoms with Crippen molar-refractivity contribution in [2.45, 2.75) is 37.6 Å². The minimum atomic E-state index is -4.68. The molecule has 2 rings (SSSR count). The van der Waals surface area contributed by atoms with Crippen LogP contribution < -0.4 is 0 Å². The zero-order valence-electron chi connectivity index (χ0n) is 12.0. The van der Waals surface area contributed by atoms with E-state index in [1.165, 1.54) is 4.90 Å². The van der Waals surface area contributed by atoms with E-state index in [1.54, 1.807) is 24.3 Å². The molecule has 1 amide bonds. The molecule has 1 heterocycles. The van der Waals surface area contributed by atoms with Crippen LogP contribution >= 0.6 is 0 Å². The molecule has 0 unspecified atom stereocenters. The van der Waals surface area contributed by atoms with Gasteiger partial charge in [-0.25, -0.2) is 4.79 Å². The summed E-state index contributed by atoms with van der Waals surface area (Å²) in [5, 5.41) is 9.69. The highest BCUT2D eigenvalue weighted by Gasteiger charge is 2.53. The van der Waals surface area contributed by atoms with Gasteiger partial charge in [-0.15, -0.1) is 0 Å². The summed E-state index contributed by atoms with van der Waals surface area (Å²) < 4.78 is 43.6. The van der Waals surface area contributed by atoms with Crippen LogP contribution in [-0.4, -0.2) is 41.0 Å². The fourth-order valence-electron chi connectivity index (χ4n) is 2.40. The summed E-state index contributed by atoms with van der Waals surface area (Å²) in [6, 6.07) is 9.02. The van der Waals surface area contributed by atoms with Crippen molar-refractivity contribution in [3.8, 4) is 0 Å². The van der Waals surface area contributed by atoms with Gasteiger partial charge in [0, 0.05) is 19.5 Å². The first kappa shape index (κ1) is 16.6. The van der Waals surface area contributed by atoms with Gasteiger partial charge in [0.2, 0.25) is 0 Å². The Balaban J connectivity index is 1.89. The van der Waals surface area contributed by atoms with Gasteiger partial charge in [-0.3, -0.25) is 0 Å². The third-order valence-corrected chi connectivity index (χ3v) is 3.80. The molecule has 0 aliphatic carbocycles. The number of aliphatic hydroxyl groups is 1. The molecule has 1 N–H and O–H groups in total. The number of benzene rings is 1. The van der Waals surface area contributed by atoms with Gasteiger partial charge in [0.25, 0.3) is 0 Å². The van der Waals surface area contributed by atoms with Crippen molar-refractivity contribution in [2.75, 3.05) is 13.1 Å². The Bertz CT molecular complexity index is 507. The number of amides is 1. The van der Waals surface area contributed by atoms with E-state index >= 15 is 0 Å². The fraction of sp³-hybridized carbons (Fsp3) is 0.533. The van der Waals surface area contributed by atoms with Crippen LogP contribution in [0.5, 0.6) is 0 Å². The van der Waals surface area contributed by atoms with Crippen LogP contribution in [-0.2, 0) is 11.3 Å². The Morgan fingerprint density at radius 2 is 1.91 bits per heavy atom. The van der Waals surface area contributed by atoms with E-state index in [9.17, 15) is 23.1 Å². The van der Waals surface area contributed by atoms with Crippen molar-refractivity contribution < 1.29 is 27.8 Å². The molecule has 0 aromatic heterocycles. The number of halogens is 3. The van der Waals surface area contributed by atoms with Gasteiger partial charge in [0.05, 0.1) is 0 Å². The third-order valence-electron chi connectivity index (χ3n) is 3.80. The van der Waals surface area contributed by atoms with Gasteiger partial charge in [-0.05, 0) is 18.4 Å². The molecule has 1 aromatic rings. The molecule has 1 fully saturated rings. The number of carbonyl (C=O) groups excluding carboxylic acids is 1. The first-order valence-electron chi connectivity index (χ1n) is 7.06. The van der Waals surface area contributed by atoms with Gasteiger partial charge < -0.3 is 14.7 Å². The van der Waals surface area contributed by atoms with Crippen LogP contribution in [0.25, 0.3) is 0 Å². The minimum absolute atomic E-state index is 0.0692. The Labute approximate surface area is 126 Å². The molecular formula is C15H18F3NO3. The van der Waals surface area contributed by atoms with Crippen molar-refractivity contribution in [2.24, 2.45) is 0 Å². The lowest BCUT2D eigenvalue weighted by Crippen LogP contribution is -2.46. The van der Waals surface area contributed by atoms with E-state index in [4.69, 9.17) is 4.74 Å². The highest BCUT2D eigenvalue weighted by atomic mass is 19.4. The second-order valence-electron chi connectivity index (χ2n) is 5.41. The van der Waals surface area contributed by atoms with Gasteiger partial charge in [0.15, 0.2) is 5.60 Å². The second kappa shape index (κ2) is 6.56. The van der Waals surface area contributed by atoms with E-state index in [-0.39, 0.29) is 26.1 Å². The molecule has 7 heteroatoms. The van der Waals surface area contributed by atoms with Gasteiger partial charge >= 0.3 is 12.3 Å². The van der Waals surface area contributed by atoms with Crippen molar-refractivity contribution in [1.82, 2.24) is 4.90 Å². The van der Waals surface area contributed by atoms with Gasteiger partial charge in [-0.1, -0.05) is 30.3 Å². The molecule has 0 radical (unpaired) electrons. The van der Waals surface area contributed by atoms with Crippen LogP contribution in [0.3, 0.4) is 0 Å². The summed E-state index contributed by atoms with van der Waals surface area (Å²) in [7, 11) is 0. The van der Waals surface area contributed by atoms with E-state index in [0.717, 1.165) is 5.56 Å². The third kappa shape index (κ3) is 3.91. The number of rotatable bonds is 2. The SMILES string of the molecule is O=C(OCc1ccccc1)N1CCC[C@](O)(C(F)(F)F)CC1. The summed E-state index contributed by atoms with van der Waals surface area (Å²) in [6.07, 6.45) is -6.20. The predicted octanol–water partition coefficient (Wildman–Crippen LogP) is 3.10. The van der Waals surface area contributed by atoms with Crippen LogP contribution in [0.1, 0.15) is 24.8 Å². The lowest BCUT2D eigenvalue weighted by molar-refractivity contribution is -0.263. The molecule has 22 heavy (non-hydrogen) atoms. The zero-order valence-corrected chi connectivity index (χ0v) is 12.0. The molecule has 0 bridgehead atoms. The number of alkyl halides is 3. The van der Waals surface area contributed by atoms with Crippen LogP contribution in [0.15, 0.2) is 30.3 Å². The Morgan fingerprint density at radius 3 is 2.55 bits per heavy atom. The van der Waals surface area contributed by atoms with Crippen LogP contribution in [0.4, 0.5) is 18.0 Å². The summed E-state index contributed by atoms with van der Waals surface area (Å²) in [5.41, 5.74) is -1.92. The average Bonchev–Trinajstić information content (AvgIpc) is 2.68. The topological polar surface area (TPSA) is 49.8 Å². The number of nitrogens with zero attached hydrogens (tertiary/aromatic N) is 1. The standard InChI is InChI=1S/C15H18F3NO3/c16-15(17,18)14(21)7-4-9-19(10-8-14)13(20)22-11-12-5-2-1-3-6-12/h1-3,5-6,21H,4,7-11H2/t14-/m1/s1. The maximum atomic E-state index is 12.8. The Kier molecular flexibility index (Phi) is 4.95. The molecule has 1 aromatic carbocycles. The Hall–Kier alpha value is -1.76. The molecular weight excluding hydrogens is 299 g/mol. The molecule has 0 saturated carbocycles. The predicted molar refractivity (Wildman–Crippen MR) is 73.1 cm³/mol. The lowest BCUT2D eigenvalue weighted by Gasteiger charge is -2.29. The van der Waals surface area contributed by atoms with Crippen LogP contribution in [0, 0.1) is 0 Å². The maximum Gasteiger partial charge on any atom is 0.417 e. The highest BCUT2D eigenvalue weighted by Crippen LogP contribution is 2.38. The maximum absolute atomic E-state index is 12.8. The summed E-state index contributed by atoms with van der Waals surface area (Å²) in [4.78, 5) is 13.1. The van der Waals surface area contributed by atoms with E-state index in [2.05, 4.69) is 0 Å². The number of likely N-dealkylation sites (tertiary alicyclic amines) is 1. The van der Waals surface area contributed by atoms with Crippen molar-refractivity contribution >= 4 is 6.09 Å². The van der Waals surface area contributed by atoms with E-state index in [1.807, 2.05) is 6.07 Å². The number of hydrogen-bond donors (Lipinski definition) is 1. The molecule has 4 nitrogen and oxygen atoms in total. The first-order chi connectivity index (χ1) is 10.3. The summed E-state index contributed by atoms with van der Waals surface area (Å²) in [5.74, 6) is 0. The number of hydrogen-bond acceptors (Lipinski definition) is 3. The number of ether oxygens (including phenoxy) is 1. The van der Waals surface area contributed by atoms with Crippen molar-refractivity contribution in [1.29, 1.82) is 0 Å². The number of carbonyl (C=O) groups is 1. The molecule has 1 atom stereocenters. The molecule has 1 aliphatic heterocycles. The average molecular weight is 317 g/mol. The molecule has 0 spiro atoms. The molecule has 1 aliphatic rings. The zero-order chi connectivity index (χ0) is 16.2. The molecule has 1 saturated heterocycles. The van der Waals surface area contributed by atoms with Crippen molar-refractivity contribution in [3.63, 3.8) is 0 Å². The fourth-order valence-corrected chi connectivity index (χ4v) is 2.40. The quantitative estimate of drug-likeness (QED) is 0.912. The van der Waals surface area contributed by atoms with Gasteiger partial charge in [-0.2, -0.15) is 13.2 Å². The van der Waals surface area contributed by atoms with E-state index in [0.29, 0.717) is 0 Å².